The first-order chi connectivity index (χ1) is 14.5. The molecule has 8 nitrogen and oxygen atoms in total. The Labute approximate surface area is 181 Å². The van der Waals surface area contributed by atoms with Crippen LogP contribution in [0.2, 0.25) is 5.02 Å². The van der Waals surface area contributed by atoms with Crippen molar-refractivity contribution in [1.29, 1.82) is 0 Å². The van der Waals surface area contributed by atoms with E-state index in [4.69, 9.17) is 20.9 Å². The third-order valence-electron chi connectivity index (χ3n) is 4.71. The normalized spacial score (nSPS) is 13.1. The number of thiazole rings is 1. The van der Waals surface area contributed by atoms with E-state index in [1.54, 1.807) is 30.9 Å². The van der Waals surface area contributed by atoms with Crippen LogP contribution in [0.1, 0.15) is 33.6 Å². The first-order valence-corrected chi connectivity index (χ1v) is 10.6. The number of halogens is 1. The van der Waals surface area contributed by atoms with Gasteiger partial charge in [0.2, 0.25) is 0 Å². The Kier molecular flexibility index (Phi) is 5.74. The van der Waals surface area contributed by atoms with Crippen LogP contribution in [0.15, 0.2) is 28.8 Å². The maximum atomic E-state index is 13.3. The summed E-state index contributed by atoms with van der Waals surface area (Å²) in [7, 11) is 0. The van der Waals surface area contributed by atoms with E-state index in [-0.39, 0.29) is 12.5 Å². The number of aromatic nitrogens is 2. The summed E-state index contributed by atoms with van der Waals surface area (Å²) in [5, 5.41) is 7.67. The number of aryl methyl sites for hydroxylation is 1. The van der Waals surface area contributed by atoms with E-state index in [0.29, 0.717) is 52.2 Å². The third-order valence-corrected chi connectivity index (χ3v) is 6.04. The van der Waals surface area contributed by atoms with E-state index < -0.39 is 6.09 Å². The van der Waals surface area contributed by atoms with Gasteiger partial charge in [-0.1, -0.05) is 46.3 Å². The van der Waals surface area contributed by atoms with Crippen LogP contribution in [0.5, 0.6) is 0 Å². The van der Waals surface area contributed by atoms with Gasteiger partial charge < -0.3 is 14.2 Å². The molecule has 2 amide bonds. The highest BCUT2D eigenvalue weighted by Gasteiger charge is 2.30. The molecule has 1 aliphatic rings. The van der Waals surface area contributed by atoms with Gasteiger partial charge in [0.25, 0.3) is 5.91 Å². The molecule has 0 spiro atoms. The monoisotopic (exact) mass is 446 g/mol. The van der Waals surface area contributed by atoms with Crippen LogP contribution in [0, 0.1) is 6.92 Å². The van der Waals surface area contributed by atoms with Crippen molar-refractivity contribution in [2.45, 2.75) is 26.8 Å². The molecule has 0 saturated carbocycles. The van der Waals surface area contributed by atoms with Crippen molar-refractivity contribution in [1.82, 2.24) is 15.0 Å². The van der Waals surface area contributed by atoms with Gasteiger partial charge in [-0.25, -0.2) is 9.78 Å². The summed E-state index contributed by atoms with van der Waals surface area (Å²) in [6, 6.07) is 7.21. The Morgan fingerprint density at radius 1 is 1.37 bits per heavy atom. The van der Waals surface area contributed by atoms with E-state index in [9.17, 15) is 9.59 Å². The molecule has 0 atom stereocenters. The molecule has 3 heterocycles. The predicted molar refractivity (Wildman–Crippen MR) is 113 cm³/mol. The van der Waals surface area contributed by atoms with Crippen LogP contribution < -0.4 is 5.32 Å². The first kappa shape index (κ1) is 20.4. The molecule has 3 aromatic rings. The zero-order valence-electron chi connectivity index (χ0n) is 16.4. The summed E-state index contributed by atoms with van der Waals surface area (Å²) in [4.78, 5) is 32.1. The quantitative estimate of drug-likeness (QED) is 0.632. The Morgan fingerprint density at radius 2 is 2.17 bits per heavy atom. The molecular formula is C20H19ClN4O4S. The molecule has 0 unspecified atom stereocenters. The Balaban J connectivity index is 1.57. The summed E-state index contributed by atoms with van der Waals surface area (Å²) in [6.07, 6.45) is 0.0504. The van der Waals surface area contributed by atoms with Crippen LogP contribution in [-0.4, -0.2) is 40.2 Å². The lowest BCUT2D eigenvalue weighted by molar-refractivity contribution is 0.0735. The molecule has 0 saturated heterocycles. The molecule has 10 heteroatoms. The molecule has 0 radical (unpaired) electrons. The van der Waals surface area contributed by atoms with Crippen LogP contribution >= 0.6 is 22.9 Å². The van der Waals surface area contributed by atoms with Crippen molar-refractivity contribution in [3.63, 3.8) is 0 Å². The van der Waals surface area contributed by atoms with E-state index in [1.807, 2.05) is 12.1 Å². The van der Waals surface area contributed by atoms with Gasteiger partial charge in [0.05, 0.1) is 23.9 Å². The van der Waals surface area contributed by atoms with Gasteiger partial charge in [-0.15, -0.1) is 0 Å². The van der Waals surface area contributed by atoms with Gasteiger partial charge in [-0.05, 0) is 19.9 Å². The fourth-order valence-electron chi connectivity index (χ4n) is 3.30. The maximum absolute atomic E-state index is 13.3. The topological polar surface area (TPSA) is 97.6 Å². The van der Waals surface area contributed by atoms with Crippen molar-refractivity contribution in [2.24, 2.45) is 0 Å². The lowest BCUT2D eigenvalue weighted by Crippen LogP contribution is -2.35. The lowest BCUT2D eigenvalue weighted by Gasteiger charge is -2.26. The van der Waals surface area contributed by atoms with E-state index >= 15 is 0 Å². The fourth-order valence-corrected chi connectivity index (χ4v) is 4.53. The van der Waals surface area contributed by atoms with Crippen LogP contribution in [-0.2, 0) is 17.7 Å². The second kappa shape index (κ2) is 8.45. The van der Waals surface area contributed by atoms with Crippen LogP contribution in [0.25, 0.3) is 11.3 Å². The zero-order valence-corrected chi connectivity index (χ0v) is 18.0. The highest BCUT2D eigenvalue weighted by Crippen LogP contribution is 2.34. The average Bonchev–Trinajstić information content (AvgIpc) is 3.30. The third kappa shape index (κ3) is 3.90. The Bertz CT molecular complexity index is 1110. The van der Waals surface area contributed by atoms with Gasteiger partial charge in [0.15, 0.2) is 5.13 Å². The number of hydrogen-bond acceptors (Lipinski definition) is 7. The SMILES string of the molecule is CCOC(=O)Nc1nc2c(s1)CN(C(=O)c1c(-c3ccccc3Cl)noc1C)CC2. The van der Waals surface area contributed by atoms with E-state index in [0.717, 1.165) is 10.6 Å². The number of amides is 2. The fraction of sp³-hybridized carbons (Fsp3) is 0.300. The Morgan fingerprint density at radius 3 is 2.93 bits per heavy atom. The summed E-state index contributed by atoms with van der Waals surface area (Å²) in [5.74, 6) is 0.261. The number of carbonyl (C=O) groups is 2. The molecule has 1 aromatic carbocycles. The zero-order chi connectivity index (χ0) is 21.3. The van der Waals surface area contributed by atoms with Crippen LogP contribution in [0.3, 0.4) is 0 Å². The molecule has 0 fully saturated rings. The minimum atomic E-state index is -0.541. The summed E-state index contributed by atoms with van der Waals surface area (Å²) in [6.45, 7) is 4.62. The van der Waals surface area contributed by atoms with Crippen molar-refractivity contribution in [3.05, 3.63) is 51.2 Å². The molecule has 1 N–H and O–H groups in total. The molecule has 1 aliphatic heterocycles. The number of nitrogens with zero attached hydrogens (tertiary/aromatic N) is 3. The second-order valence-electron chi connectivity index (χ2n) is 6.65. The summed E-state index contributed by atoms with van der Waals surface area (Å²) >= 11 is 7.64. The number of nitrogens with one attached hydrogen (secondary N) is 1. The van der Waals surface area contributed by atoms with E-state index in [1.165, 1.54) is 11.3 Å². The van der Waals surface area contributed by atoms with Crippen molar-refractivity contribution in [3.8, 4) is 11.3 Å². The minimum absolute atomic E-state index is 0.178. The van der Waals surface area contributed by atoms with Crippen LogP contribution in [0.4, 0.5) is 9.93 Å². The Hall–Kier alpha value is -2.91. The van der Waals surface area contributed by atoms with E-state index in [2.05, 4.69) is 15.5 Å². The van der Waals surface area contributed by atoms with Gasteiger partial charge >= 0.3 is 6.09 Å². The maximum Gasteiger partial charge on any atom is 0.413 e. The average molecular weight is 447 g/mol. The first-order valence-electron chi connectivity index (χ1n) is 9.40. The summed E-state index contributed by atoms with van der Waals surface area (Å²) in [5.41, 5.74) is 2.36. The number of rotatable bonds is 4. The molecule has 2 aromatic heterocycles. The highest BCUT2D eigenvalue weighted by atomic mass is 35.5. The van der Waals surface area contributed by atoms with Crippen molar-refractivity contribution in [2.75, 3.05) is 18.5 Å². The number of carbonyl (C=O) groups excluding carboxylic acids is 2. The lowest BCUT2D eigenvalue weighted by atomic mass is 10.0. The smallest absolute Gasteiger partial charge is 0.413 e. The standard InChI is InChI=1S/C20H19ClN4O4S/c1-3-28-20(27)23-19-22-14-8-9-25(10-15(14)30-19)18(26)16-11(2)29-24-17(16)12-6-4-5-7-13(12)21/h4-7H,3,8-10H2,1-2H3,(H,22,23,27). The van der Waals surface area contributed by atoms with Crippen molar-refractivity contribution < 1.29 is 18.8 Å². The minimum Gasteiger partial charge on any atom is -0.450 e. The molecule has 30 heavy (non-hydrogen) atoms. The number of benzene rings is 1. The molecule has 0 bridgehead atoms. The summed E-state index contributed by atoms with van der Waals surface area (Å²) < 4.78 is 10.2. The highest BCUT2D eigenvalue weighted by molar-refractivity contribution is 7.15. The number of anilines is 1. The number of fused-ring (bicyclic) bond motifs is 1. The molecular weight excluding hydrogens is 428 g/mol. The number of hydrogen-bond donors (Lipinski definition) is 1. The predicted octanol–water partition coefficient (Wildman–Crippen LogP) is 4.53. The van der Waals surface area contributed by atoms with Gasteiger partial charge in [0, 0.05) is 23.4 Å². The number of ether oxygens (including phenoxy) is 1. The van der Waals surface area contributed by atoms with Gasteiger partial charge in [-0.3, -0.25) is 10.1 Å². The second-order valence-corrected chi connectivity index (χ2v) is 8.14. The van der Waals surface area contributed by atoms with Gasteiger partial charge in [0.1, 0.15) is 17.0 Å². The molecule has 156 valence electrons. The largest absolute Gasteiger partial charge is 0.450 e. The molecule has 4 rings (SSSR count). The van der Waals surface area contributed by atoms with Gasteiger partial charge in [-0.2, -0.15) is 0 Å². The molecule has 0 aliphatic carbocycles. The van der Waals surface area contributed by atoms with Crippen molar-refractivity contribution >= 4 is 40.1 Å².